The molecule has 0 atom stereocenters. The molecule has 172 valence electrons. The predicted octanol–water partition coefficient (Wildman–Crippen LogP) is 3.53. The molecule has 3 aromatic heterocycles. The van der Waals surface area contributed by atoms with E-state index < -0.39 is 0 Å². The molecule has 0 bridgehead atoms. The van der Waals surface area contributed by atoms with Crippen molar-refractivity contribution in [3.05, 3.63) is 81.8 Å². The van der Waals surface area contributed by atoms with Gasteiger partial charge >= 0.3 is 0 Å². The maximum Gasteiger partial charge on any atom is 0.266 e. The molecule has 0 spiro atoms. The maximum atomic E-state index is 13.8. The van der Waals surface area contributed by atoms with Crippen molar-refractivity contribution in [3.8, 4) is 17.5 Å². The van der Waals surface area contributed by atoms with Gasteiger partial charge in [0.05, 0.1) is 22.0 Å². The average Bonchev–Trinajstić information content (AvgIpc) is 3.60. The summed E-state index contributed by atoms with van der Waals surface area (Å²) in [5.41, 5.74) is 10.5. The second-order valence-electron chi connectivity index (χ2n) is 8.93. The highest BCUT2D eigenvalue weighted by molar-refractivity contribution is 5.90. The molecule has 0 unspecified atom stereocenters. The molecule has 8 nitrogen and oxygen atoms in total. The molecule has 8 heteroatoms. The summed E-state index contributed by atoms with van der Waals surface area (Å²) in [6, 6.07) is 13.5. The summed E-state index contributed by atoms with van der Waals surface area (Å²) in [6.45, 7) is 4.13. The Morgan fingerprint density at radius 3 is 2.63 bits per heavy atom. The summed E-state index contributed by atoms with van der Waals surface area (Å²) in [7, 11) is 0. The molecule has 0 radical (unpaired) electrons. The highest BCUT2D eigenvalue weighted by atomic mass is 16.1. The van der Waals surface area contributed by atoms with Crippen LogP contribution >= 0.6 is 0 Å². The number of anilines is 1. The standard InChI is InChI=1S/C27H23N7O/c1-16-6-3-4-9-21(16)34-22(31-19-8-5-7-17(2)23(19)27(34)35)14-33-26-24(25(28)29-15-30-26)20(32-33)13-12-18-10-11-18/h3-9,15,18H,10-11,14H2,1-2H3,(H2,28,29,30). The normalized spacial score (nSPS) is 13.2. The SMILES string of the molecule is Cc1ccccc1-n1c(Cn2nc(C#CC3CC3)c3c(N)ncnc32)nc2cccc(C)c2c1=O. The lowest BCUT2D eigenvalue weighted by atomic mass is 10.1. The van der Waals surface area contributed by atoms with E-state index in [0.717, 1.165) is 29.7 Å². The van der Waals surface area contributed by atoms with Gasteiger partial charge < -0.3 is 5.73 Å². The van der Waals surface area contributed by atoms with Crippen molar-refractivity contribution in [2.24, 2.45) is 5.92 Å². The first-order valence-corrected chi connectivity index (χ1v) is 11.6. The average molecular weight is 462 g/mol. The van der Waals surface area contributed by atoms with Crippen molar-refractivity contribution < 1.29 is 0 Å². The lowest BCUT2D eigenvalue weighted by molar-refractivity contribution is 0.647. The van der Waals surface area contributed by atoms with E-state index in [2.05, 4.69) is 21.8 Å². The molecule has 0 amide bonds. The summed E-state index contributed by atoms with van der Waals surface area (Å²) in [5.74, 6) is 7.71. The first-order chi connectivity index (χ1) is 17.0. The molecule has 1 saturated carbocycles. The van der Waals surface area contributed by atoms with E-state index in [9.17, 15) is 4.79 Å². The third-order valence-corrected chi connectivity index (χ3v) is 6.35. The monoisotopic (exact) mass is 461 g/mol. The Bertz CT molecular complexity index is 1750. The Kier molecular flexibility index (Phi) is 4.85. The van der Waals surface area contributed by atoms with Crippen molar-refractivity contribution >= 4 is 27.8 Å². The first-order valence-electron chi connectivity index (χ1n) is 11.6. The minimum Gasteiger partial charge on any atom is -0.383 e. The number of nitrogens with zero attached hydrogens (tertiary/aromatic N) is 6. The number of hydrogen-bond acceptors (Lipinski definition) is 6. The molecule has 35 heavy (non-hydrogen) atoms. The topological polar surface area (TPSA) is 105 Å². The van der Waals surface area contributed by atoms with Gasteiger partial charge in [-0.3, -0.25) is 9.36 Å². The van der Waals surface area contributed by atoms with Crippen molar-refractivity contribution in [1.29, 1.82) is 0 Å². The van der Waals surface area contributed by atoms with Crippen LogP contribution in [0.4, 0.5) is 5.82 Å². The molecule has 1 fully saturated rings. The molecule has 5 aromatic rings. The van der Waals surface area contributed by atoms with Crippen LogP contribution in [0, 0.1) is 31.6 Å². The molecule has 6 rings (SSSR count). The van der Waals surface area contributed by atoms with Crippen molar-refractivity contribution in [2.75, 3.05) is 5.73 Å². The predicted molar refractivity (Wildman–Crippen MR) is 135 cm³/mol. The van der Waals surface area contributed by atoms with Gasteiger partial charge in [-0.25, -0.2) is 19.6 Å². The van der Waals surface area contributed by atoms with Crippen LogP contribution in [0.2, 0.25) is 0 Å². The number of nitrogen functional groups attached to an aromatic ring is 1. The van der Waals surface area contributed by atoms with Gasteiger partial charge in [0, 0.05) is 5.92 Å². The quantitative estimate of drug-likeness (QED) is 0.412. The van der Waals surface area contributed by atoms with Crippen molar-refractivity contribution in [1.82, 2.24) is 29.3 Å². The second kappa shape index (κ2) is 8.06. The fourth-order valence-corrected chi connectivity index (χ4v) is 4.37. The minimum atomic E-state index is -0.114. The lowest BCUT2D eigenvalue weighted by Crippen LogP contribution is -2.26. The lowest BCUT2D eigenvalue weighted by Gasteiger charge is -2.16. The molecule has 2 aromatic carbocycles. The number of para-hydroxylation sites is 1. The van der Waals surface area contributed by atoms with Gasteiger partial charge in [0.25, 0.3) is 5.56 Å². The van der Waals surface area contributed by atoms with Crippen LogP contribution in [-0.4, -0.2) is 29.3 Å². The van der Waals surface area contributed by atoms with Crippen molar-refractivity contribution in [2.45, 2.75) is 33.2 Å². The zero-order valence-electron chi connectivity index (χ0n) is 19.5. The first kappa shape index (κ1) is 21.1. The number of hydrogen-bond donors (Lipinski definition) is 1. The van der Waals surface area contributed by atoms with Gasteiger partial charge in [-0.1, -0.05) is 36.3 Å². The number of nitrogens with two attached hydrogens (primary N) is 1. The Balaban J connectivity index is 1.60. The third-order valence-electron chi connectivity index (χ3n) is 6.35. The van der Waals surface area contributed by atoms with Crippen molar-refractivity contribution in [3.63, 3.8) is 0 Å². The van der Waals surface area contributed by atoms with E-state index in [4.69, 9.17) is 15.8 Å². The summed E-state index contributed by atoms with van der Waals surface area (Å²) in [6.07, 6.45) is 3.64. The van der Waals surface area contributed by atoms with E-state index in [1.165, 1.54) is 6.33 Å². The van der Waals surface area contributed by atoms with Crippen LogP contribution in [0.5, 0.6) is 0 Å². The third kappa shape index (κ3) is 3.62. The smallest absolute Gasteiger partial charge is 0.266 e. The largest absolute Gasteiger partial charge is 0.383 e. The van der Waals surface area contributed by atoms with Crippen LogP contribution in [0.1, 0.15) is 35.5 Å². The molecule has 1 aliphatic rings. The van der Waals surface area contributed by atoms with Gasteiger partial charge in [-0.15, -0.1) is 0 Å². The molecule has 2 N–H and O–H groups in total. The Hall–Kier alpha value is -4.51. The van der Waals surface area contributed by atoms with Gasteiger partial charge in [0.15, 0.2) is 5.65 Å². The fraction of sp³-hybridized carbons (Fsp3) is 0.222. The summed E-state index contributed by atoms with van der Waals surface area (Å²) < 4.78 is 3.39. The molecular formula is C27H23N7O. The minimum absolute atomic E-state index is 0.114. The second-order valence-corrected chi connectivity index (χ2v) is 8.93. The summed E-state index contributed by atoms with van der Waals surface area (Å²) in [4.78, 5) is 27.4. The summed E-state index contributed by atoms with van der Waals surface area (Å²) >= 11 is 0. The molecule has 0 saturated heterocycles. The van der Waals surface area contributed by atoms with Crippen LogP contribution < -0.4 is 11.3 Å². The summed E-state index contributed by atoms with van der Waals surface area (Å²) in [5, 5.41) is 5.97. The highest BCUT2D eigenvalue weighted by Gasteiger charge is 2.21. The maximum absolute atomic E-state index is 13.8. The van der Waals surface area contributed by atoms with Gasteiger partial charge in [0.2, 0.25) is 0 Å². The molecule has 1 aliphatic carbocycles. The van der Waals surface area contributed by atoms with Crippen LogP contribution in [0.15, 0.2) is 53.6 Å². The Morgan fingerprint density at radius 2 is 1.83 bits per heavy atom. The highest BCUT2D eigenvalue weighted by Crippen LogP contribution is 2.28. The van der Waals surface area contributed by atoms with E-state index >= 15 is 0 Å². The van der Waals surface area contributed by atoms with Gasteiger partial charge in [-0.2, -0.15) is 5.10 Å². The number of benzene rings is 2. The number of fused-ring (bicyclic) bond motifs is 2. The Morgan fingerprint density at radius 1 is 1.03 bits per heavy atom. The van der Waals surface area contributed by atoms with E-state index in [-0.39, 0.29) is 12.1 Å². The molecular weight excluding hydrogens is 438 g/mol. The fourth-order valence-electron chi connectivity index (χ4n) is 4.37. The van der Waals surface area contributed by atoms with E-state index in [0.29, 0.717) is 45.2 Å². The van der Waals surface area contributed by atoms with E-state index in [1.807, 2.05) is 56.3 Å². The van der Waals surface area contributed by atoms with Gasteiger partial charge in [0.1, 0.15) is 30.2 Å². The van der Waals surface area contributed by atoms with E-state index in [1.54, 1.807) is 9.25 Å². The van der Waals surface area contributed by atoms with Gasteiger partial charge in [-0.05, 0) is 55.9 Å². The number of aromatic nitrogens is 6. The zero-order valence-corrected chi connectivity index (χ0v) is 19.5. The molecule has 0 aliphatic heterocycles. The Labute approximate surface area is 201 Å². The van der Waals surface area contributed by atoms with Crippen LogP contribution in [0.3, 0.4) is 0 Å². The molecule has 3 heterocycles. The zero-order chi connectivity index (χ0) is 24.1. The number of aryl methyl sites for hydroxylation is 2. The van der Waals surface area contributed by atoms with Crippen LogP contribution in [-0.2, 0) is 6.54 Å². The number of rotatable bonds is 3. The van der Waals surface area contributed by atoms with Crippen LogP contribution in [0.25, 0.3) is 27.6 Å².